The first kappa shape index (κ1) is 28.7. The van der Waals surface area contributed by atoms with E-state index >= 15 is 0 Å². The van der Waals surface area contributed by atoms with Crippen LogP contribution in [0.4, 0.5) is 0 Å². The van der Waals surface area contributed by atoms with Gasteiger partial charge >= 0.3 is 0 Å². The first-order chi connectivity index (χ1) is 20.0. The van der Waals surface area contributed by atoms with Gasteiger partial charge in [0.05, 0.1) is 11.7 Å². The molecule has 4 aromatic rings. The first-order valence-electron chi connectivity index (χ1n) is 15.3. The molecule has 0 radical (unpaired) electrons. The largest absolute Gasteiger partial charge is 0.354 e. The Balaban J connectivity index is 1.64. The number of unbranched alkanes of at least 4 members (excludes halogenated alkanes) is 4. The summed E-state index contributed by atoms with van der Waals surface area (Å²) in [7, 11) is 2.10. The van der Waals surface area contributed by atoms with Crippen molar-refractivity contribution in [1.29, 1.82) is 0 Å². The zero-order chi connectivity index (χ0) is 28.9. The standard InChI is InChI=1S/C36H43N3O2/c1-5-7-8-9-17-24-37-35(40)32(25(3)6-2)39-34(27-20-13-14-21-28(27)36(39)41)31-29-22-15-16-23-30(29)38(4)33(31)26-18-11-10-12-19-26/h10-16,18-23,25,32,34H,5-9,17,24H2,1-4H3,(H,37,40). The van der Waals surface area contributed by atoms with Crippen molar-refractivity contribution in [2.75, 3.05) is 6.54 Å². The molecule has 0 saturated heterocycles. The van der Waals surface area contributed by atoms with E-state index in [9.17, 15) is 9.59 Å². The Morgan fingerprint density at radius 1 is 0.878 bits per heavy atom. The summed E-state index contributed by atoms with van der Waals surface area (Å²) in [6.07, 6.45) is 6.46. The number of hydrogen-bond acceptors (Lipinski definition) is 2. The molecule has 0 aliphatic carbocycles. The van der Waals surface area contributed by atoms with Crippen LogP contribution in [-0.4, -0.2) is 33.9 Å². The lowest BCUT2D eigenvalue weighted by Crippen LogP contribution is -2.52. The molecular formula is C36H43N3O2. The first-order valence-corrected chi connectivity index (χ1v) is 15.3. The van der Waals surface area contributed by atoms with Crippen LogP contribution in [-0.2, 0) is 11.8 Å². The molecule has 1 aromatic heterocycles. The number of benzene rings is 3. The third-order valence-electron chi connectivity index (χ3n) is 8.80. The van der Waals surface area contributed by atoms with Crippen LogP contribution in [0.25, 0.3) is 22.2 Å². The van der Waals surface area contributed by atoms with E-state index in [4.69, 9.17) is 0 Å². The monoisotopic (exact) mass is 549 g/mol. The summed E-state index contributed by atoms with van der Waals surface area (Å²) in [5.41, 5.74) is 6.00. The number of carbonyl (C=O) groups is 2. The minimum Gasteiger partial charge on any atom is -0.354 e. The Hall–Kier alpha value is -3.86. The van der Waals surface area contributed by atoms with Crippen LogP contribution in [0, 0.1) is 5.92 Å². The van der Waals surface area contributed by atoms with Crippen molar-refractivity contribution in [2.24, 2.45) is 13.0 Å². The molecular weight excluding hydrogens is 506 g/mol. The fraction of sp³-hybridized carbons (Fsp3) is 0.389. The van der Waals surface area contributed by atoms with Crippen LogP contribution in [0.3, 0.4) is 0 Å². The Labute approximate surface area is 244 Å². The van der Waals surface area contributed by atoms with Crippen LogP contribution in [0.5, 0.6) is 0 Å². The molecule has 3 unspecified atom stereocenters. The molecule has 1 aliphatic rings. The third kappa shape index (κ3) is 5.42. The summed E-state index contributed by atoms with van der Waals surface area (Å²) < 4.78 is 2.23. The topological polar surface area (TPSA) is 54.3 Å². The fourth-order valence-electron chi connectivity index (χ4n) is 6.49. The van der Waals surface area contributed by atoms with Gasteiger partial charge in [0.2, 0.25) is 5.91 Å². The minimum atomic E-state index is -0.580. The lowest BCUT2D eigenvalue weighted by atomic mass is 9.90. The van der Waals surface area contributed by atoms with Crippen molar-refractivity contribution in [1.82, 2.24) is 14.8 Å². The molecule has 0 fully saturated rings. The molecule has 1 N–H and O–H groups in total. The molecule has 2 amide bonds. The predicted molar refractivity (Wildman–Crippen MR) is 168 cm³/mol. The number of carbonyl (C=O) groups excluding carboxylic acids is 2. The lowest BCUT2D eigenvalue weighted by Gasteiger charge is -2.36. The summed E-state index contributed by atoms with van der Waals surface area (Å²) in [6.45, 7) is 7.05. The van der Waals surface area contributed by atoms with Gasteiger partial charge in [-0.2, -0.15) is 0 Å². The van der Waals surface area contributed by atoms with E-state index in [0.717, 1.165) is 52.5 Å². The Morgan fingerprint density at radius 2 is 1.56 bits per heavy atom. The molecule has 3 atom stereocenters. The molecule has 1 aliphatic heterocycles. The number of aryl methyl sites for hydroxylation is 1. The highest BCUT2D eigenvalue weighted by molar-refractivity contribution is 6.04. The predicted octanol–water partition coefficient (Wildman–Crippen LogP) is 7.89. The lowest BCUT2D eigenvalue weighted by molar-refractivity contribution is -0.127. The van der Waals surface area contributed by atoms with Crippen LogP contribution in [0.2, 0.25) is 0 Å². The molecule has 41 heavy (non-hydrogen) atoms. The van der Waals surface area contributed by atoms with Crippen LogP contribution < -0.4 is 5.32 Å². The van der Waals surface area contributed by atoms with E-state index in [1.54, 1.807) is 0 Å². The van der Waals surface area contributed by atoms with Crippen molar-refractivity contribution in [2.45, 2.75) is 71.4 Å². The molecule has 2 heterocycles. The zero-order valence-corrected chi connectivity index (χ0v) is 24.9. The Morgan fingerprint density at radius 3 is 2.32 bits per heavy atom. The number of fused-ring (bicyclic) bond motifs is 2. The minimum absolute atomic E-state index is 0.00833. The summed E-state index contributed by atoms with van der Waals surface area (Å²) in [5.74, 6) is -0.130. The fourth-order valence-corrected chi connectivity index (χ4v) is 6.49. The van der Waals surface area contributed by atoms with Gasteiger partial charge in [-0.1, -0.05) is 120 Å². The molecule has 0 saturated carbocycles. The molecule has 3 aromatic carbocycles. The van der Waals surface area contributed by atoms with Gasteiger partial charge in [-0.25, -0.2) is 0 Å². The van der Waals surface area contributed by atoms with Crippen molar-refractivity contribution < 1.29 is 9.59 Å². The van der Waals surface area contributed by atoms with E-state index in [1.807, 2.05) is 29.2 Å². The van der Waals surface area contributed by atoms with E-state index in [1.165, 1.54) is 19.3 Å². The maximum atomic E-state index is 14.3. The van der Waals surface area contributed by atoms with E-state index in [-0.39, 0.29) is 23.8 Å². The Bertz CT molecular complexity index is 1510. The number of rotatable bonds is 12. The van der Waals surface area contributed by atoms with Crippen LogP contribution in [0.1, 0.15) is 86.8 Å². The van der Waals surface area contributed by atoms with Gasteiger partial charge in [0.15, 0.2) is 0 Å². The van der Waals surface area contributed by atoms with Crippen molar-refractivity contribution >= 4 is 22.7 Å². The van der Waals surface area contributed by atoms with Crippen LogP contribution >= 0.6 is 0 Å². The number of nitrogens with one attached hydrogen (secondary N) is 1. The average molecular weight is 550 g/mol. The number of hydrogen-bond donors (Lipinski definition) is 1. The van der Waals surface area contributed by atoms with Gasteiger partial charge in [0.25, 0.3) is 5.91 Å². The number of para-hydroxylation sites is 1. The molecule has 5 nitrogen and oxygen atoms in total. The van der Waals surface area contributed by atoms with Gasteiger partial charge in [-0.05, 0) is 35.6 Å². The van der Waals surface area contributed by atoms with Gasteiger partial charge in [-0.15, -0.1) is 0 Å². The van der Waals surface area contributed by atoms with Gasteiger partial charge < -0.3 is 14.8 Å². The SMILES string of the molecule is CCCCCCCNC(=O)C(C(C)CC)N1C(=O)c2ccccc2C1c1c(-c2ccccc2)n(C)c2ccccc12. The highest BCUT2D eigenvalue weighted by atomic mass is 16.2. The Kier molecular flexibility index (Phi) is 8.92. The highest BCUT2D eigenvalue weighted by Gasteiger charge is 2.47. The van der Waals surface area contributed by atoms with Crippen molar-refractivity contribution in [3.63, 3.8) is 0 Å². The average Bonchev–Trinajstić information content (AvgIpc) is 3.45. The summed E-state index contributed by atoms with van der Waals surface area (Å²) >= 11 is 0. The second-order valence-electron chi connectivity index (χ2n) is 11.4. The molecule has 214 valence electrons. The number of aromatic nitrogens is 1. The number of amides is 2. The third-order valence-corrected chi connectivity index (χ3v) is 8.80. The van der Waals surface area contributed by atoms with Crippen LogP contribution in [0.15, 0.2) is 78.9 Å². The molecule has 5 heteroatoms. The second-order valence-corrected chi connectivity index (χ2v) is 11.4. The van der Waals surface area contributed by atoms with E-state index < -0.39 is 6.04 Å². The van der Waals surface area contributed by atoms with Gasteiger partial charge in [0.1, 0.15) is 6.04 Å². The summed E-state index contributed by atoms with van der Waals surface area (Å²) in [6, 6.07) is 25.7. The number of nitrogens with zero attached hydrogens (tertiary/aromatic N) is 2. The second kappa shape index (κ2) is 12.8. The highest BCUT2D eigenvalue weighted by Crippen LogP contribution is 2.48. The van der Waals surface area contributed by atoms with Gasteiger partial charge in [-0.3, -0.25) is 9.59 Å². The smallest absolute Gasteiger partial charge is 0.255 e. The van der Waals surface area contributed by atoms with E-state index in [0.29, 0.717) is 12.1 Å². The molecule has 5 rings (SSSR count). The maximum absolute atomic E-state index is 14.3. The van der Waals surface area contributed by atoms with Gasteiger partial charge in [0, 0.05) is 35.6 Å². The van der Waals surface area contributed by atoms with E-state index in [2.05, 4.69) is 92.3 Å². The quantitative estimate of drug-likeness (QED) is 0.183. The van der Waals surface area contributed by atoms with Crippen molar-refractivity contribution in [3.8, 4) is 11.3 Å². The van der Waals surface area contributed by atoms with Crippen molar-refractivity contribution in [3.05, 3.63) is 95.6 Å². The summed E-state index contributed by atoms with van der Waals surface area (Å²) in [5, 5.41) is 4.33. The normalized spacial score (nSPS) is 16.1. The maximum Gasteiger partial charge on any atom is 0.255 e. The summed E-state index contributed by atoms with van der Waals surface area (Å²) in [4.78, 5) is 30.2. The molecule has 0 spiro atoms. The molecule has 0 bridgehead atoms. The zero-order valence-electron chi connectivity index (χ0n) is 24.9.